The number of rotatable bonds is 7. The summed E-state index contributed by atoms with van der Waals surface area (Å²) in [5.74, 6) is 0.751. The molecular formula is C26H33N3O2. The maximum Gasteiger partial charge on any atom is 0.255 e. The summed E-state index contributed by atoms with van der Waals surface area (Å²) >= 11 is 0. The number of carbonyl (C=O) groups is 2. The molecule has 1 amide bonds. The van der Waals surface area contributed by atoms with Gasteiger partial charge in [-0.15, -0.1) is 0 Å². The van der Waals surface area contributed by atoms with Crippen LogP contribution in [0.25, 0.3) is 0 Å². The number of ketones is 1. The van der Waals surface area contributed by atoms with Crippen LogP contribution < -0.4 is 15.5 Å². The molecule has 4 rings (SSSR count). The molecule has 1 atom stereocenters. The third kappa shape index (κ3) is 5.73. The van der Waals surface area contributed by atoms with E-state index in [0.29, 0.717) is 24.1 Å². The molecule has 2 aliphatic rings. The molecule has 164 valence electrons. The number of amides is 1. The van der Waals surface area contributed by atoms with E-state index in [1.165, 1.54) is 37.7 Å². The molecule has 2 fully saturated rings. The molecule has 0 spiro atoms. The minimum atomic E-state index is -0.0717. The van der Waals surface area contributed by atoms with Crippen molar-refractivity contribution in [3.05, 3.63) is 59.7 Å². The molecular weight excluding hydrogens is 386 g/mol. The zero-order valence-corrected chi connectivity index (χ0v) is 18.4. The molecule has 5 nitrogen and oxygen atoms in total. The molecule has 2 aromatic carbocycles. The Morgan fingerprint density at radius 2 is 1.65 bits per heavy atom. The highest BCUT2D eigenvalue weighted by molar-refractivity contribution is 6.04. The highest BCUT2D eigenvalue weighted by Crippen LogP contribution is 2.32. The van der Waals surface area contributed by atoms with Crippen LogP contribution in [0.4, 0.5) is 11.4 Å². The van der Waals surface area contributed by atoms with E-state index in [0.717, 1.165) is 30.9 Å². The highest BCUT2D eigenvalue weighted by atomic mass is 16.1. The van der Waals surface area contributed by atoms with Crippen LogP contribution in [0, 0.1) is 0 Å². The molecule has 1 unspecified atom stereocenters. The van der Waals surface area contributed by atoms with Crippen molar-refractivity contribution in [1.82, 2.24) is 5.32 Å². The average molecular weight is 420 g/mol. The fourth-order valence-corrected chi connectivity index (χ4v) is 4.75. The van der Waals surface area contributed by atoms with E-state index >= 15 is 0 Å². The number of anilines is 2. The van der Waals surface area contributed by atoms with Crippen LogP contribution in [0.5, 0.6) is 0 Å². The van der Waals surface area contributed by atoms with E-state index in [1.807, 2.05) is 24.3 Å². The predicted octanol–water partition coefficient (Wildman–Crippen LogP) is 4.74. The summed E-state index contributed by atoms with van der Waals surface area (Å²) in [7, 11) is 0. The first-order valence-electron chi connectivity index (χ1n) is 11.6. The van der Waals surface area contributed by atoms with Gasteiger partial charge in [-0.05, 0) is 74.1 Å². The van der Waals surface area contributed by atoms with Gasteiger partial charge >= 0.3 is 0 Å². The fourth-order valence-electron chi connectivity index (χ4n) is 4.75. The maximum absolute atomic E-state index is 12.7. The van der Waals surface area contributed by atoms with Gasteiger partial charge in [-0.3, -0.25) is 9.59 Å². The molecule has 1 aliphatic heterocycles. The molecule has 5 heteroatoms. The molecule has 2 N–H and O–H groups in total. The Hall–Kier alpha value is -2.66. The number of hydrogen-bond donors (Lipinski definition) is 2. The Morgan fingerprint density at radius 3 is 2.32 bits per heavy atom. The average Bonchev–Trinajstić information content (AvgIpc) is 3.28. The van der Waals surface area contributed by atoms with Gasteiger partial charge < -0.3 is 15.5 Å². The summed E-state index contributed by atoms with van der Waals surface area (Å²) in [6, 6.07) is 16.5. The van der Waals surface area contributed by atoms with E-state index in [-0.39, 0.29) is 11.7 Å². The van der Waals surface area contributed by atoms with Crippen LogP contribution >= 0.6 is 0 Å². The Bertz CT molecular complexity index is 886. The van der Waals surface area contributed by atoms with Crippen LogP contribution in [0.3, 0.4) is 0 Å². The lowest BCUT2D eigenvalue weighted by Crippen LogP contribution is -2.35. The third-order valence-electron chi connectivity index (χ3n) is 6.57. The summed E-state index contributed by atoms with van der Waals surface area (Å²) in [4.78, 5) is 26.1. The number of hydrogen-bond acceptors (Lipinski definition) is 4. The van der Waals surface area contributed by atoms with Gasteiger partial charge in [0.2, 0.25) is 0 Å². The van der Waals surface area contributed by atoms with Crippen molar-refractivity contribution < 1.29 is 9.59 Å². The second-order valence-electron chi connectivity index (χ2n) is 8.97. The Morgan fingerprint density at radius 1 is 0.935 bits per heavy atom. The van der Waals surface area contributed by atoms with Gasteiger partial charge in [0.05, 0.1) is 6.54 Å². The van der Waals surface area contributed by atoms with E-state index < -0.39 is 0 Å². The van der Waals surface area contributed by atoms with E-state index in [2.05, 4.69) is 39.8 Å². The molecule has 31 heavy (non-hydrogen) atoms. The van der Waals surface area contributed by atoms with E-state index in [9.17, 15) is 9.59 Å². The lowest BCUT2D eigenvalue weighted by atomic mass is 9.84. The van der Waals surface area contributed by atoms with Crippen LogP contribution in [0.15, 0.2) is 48.5 Å². The Balaban J connectivity index is 1.30. The van der Waals surface area contributed by atoms with Gasteiger partial charge in [0, 0.05) is 36.1 Å². The van der Waals surface area contributed by atoms with Gasteiger partial charge in [0.15, 0.2) is 0 Å². The number of nitrogens with one attached hydrogen (secondary N) is 2. The van der Waals surface area contributed by atoms with E-state index in [1.54, 1.807) is 6.92 Å². The third-order valence-corrected chi connectivity index (χ3v) is 6.57. The normalized spacial score (nSPS) is 19.4. The van der Waals surface area contributed by atoms with Crippen LogP contribution in [-0.4, -0.2) is 37.4 Å². The highest BCUT2D eigenvalue weighted by Gasteiger charge is 2.22. The van der Waals surface area contributed by atoms with Gasteiger partial charge in [0.1, 0.15) is 5.78 Å². The monoisotopic (exact) mass is 419 g/mol. The van der Waals surface area contributed by atoms with Crippen molar-refractivity contribution >= 4 is 23.1 Å². The molecule has 0 radical (unpaired) electrons. The lowest BCUT2D eigenvalue weighted by molar-refractivity contribution is -0.116. The van der Waals surface area contributed by atoms with Crippen molar-refractivity contribution in [2.75, 3.05) is 29.9 Å². The topological polar surface area (TPSA) is 61.4 Å². The number of Topliss-reactive ketones (excluding diaryl/α,β-unsaturated/α-hetero) is 1. The smallest absolute Gasteiger partial charge is 0.255 e. The van der Waals surface area contributed by atoms with Crippen molar-refractivity contribution in [3.8, 4) is 0 Å². The summed E-state index contributed by atoms with van der Waals surface area (Å²) in [5, 5.41) is 6.32. The maximum atomic E-state index is 12.7. The molecule has 1 aliphatic carbocycles. The van der Waals surface area contributed by atoms with Crippen molar-refractivity contribution in [3.63, 3.8) is 0 Å². The minimum absolute atomic E-state index is 0.0717. The summed E-state index contributed by atoms with van der Waals surface area (Å²) in [5.41, 5.74) is 4.00. The zero-order chi connectivity index (χ0) is 21.6. The first-order chi connectivity index (χ1) is 15.1. The first kappa shape index (κ1) is 21.6. The minimum Gasteiger partial charge on any atom is -0.370 e. The predicted molar refractivity (Wildman–Crippen MR) is 126 cm³/mol. The molecule has 2 aromatic rings. The standard InChI is InChI=1S/C26H33N3O2/c1-19(30)17-27-24-15-16-29(18-24)25-13-11-23(12-14-25)28-26(31)22-9-7-21(8-10-22)20-5-3-2-4-6-20/h7-14,20,24,27H,2-6,15-18H2,1H3,(H,28,31). The van der Waals surface area contributed by atoms with Crippen molar-refractivity contribution in [2.45, 2.75) is 57.4 Å². The molecule has 0 aromatic heterocycles. The van der Waals surface area contributed by atoms with Gasteiger partial charge in [-0.25, -0.2) is 0 Å². The largest absolute Gasteiger partial charge is 0.370 e. The van der Waals surface area contributed by atoms with Gasteiger partial charge in [0.25, 0.3) is 5.91 Å². The second kappa shape index (κ2) is 10.1. The fraction of sp³-hybridized carbons (Fsp3) is 0.462. The summed E-state index contributed by atoms with van der Waals surface area (Å²) < 4.78 is 0. The molecule has 1 heterocycles. The van der Waals surface area contributed by atoms with Crippen molar-refractivity contribution in [1.29, 1.82) is 0 Å². The number of benzene rings is 2. The lowest BCUT2D eigenvalue weighted by Gasteiger charge is -2.22. The summed E-state index contributed by atoms with van der Waals surface area (Å²) in [6.45, 7) is 3.91. The quantitative estimate of drug-likeness (QED) is 0.680. The SMILES string of the molecule is CC(=O)CNC1CCN(c2ccc(NC(=O)c3ccc(C4CCCCC4)cc3)cc2)C1. The zero-order valence-electron chi connectivity index (χ0n) is 18.4. The van der Waals surface area contributed by atoms with Crippen LogP contribution in [-0.2, 0) is 4.79 Å². The van der Waals surface area contributed by atoms with E-state index in [4.69, 9.17) is 0 Å². The Kier molecular flexibility index (Phi) is 7.03. The Labute approximate surface area is 185 Å². The summed E-state index contributed by atoms with van der Waals surface area (Å²) in [6.07, 6.45) is 7.55. The van der Waals surface area contributed by atoms with Crippen LogP contribution in [0.1, 0.15) is 67.3 Å². The number of carbonyl (C=O) groups excluding carboxylic acids is 2. The first-order valence-corrected chi connectivity index (χ1v) is 11.6. The molecule has 0 bridgehead atoms. The van der Waals surface area contributed by atoms with Crippen molar-refractivity contribution in [2.24, 2.45) is 0 Å². The molecule has 1 saturated carbocycles. The van der Waals surface area contributed by atoms with Crippen LogP contribution in [0.2, 0.25) is 0 Å². The second-order valence-corrected chi connectivity index (χ2v) is 8.97. The van der Waals surface area contributed by atoms with Gasteiger partial charge in [-0.1, -0.05) is 31.4 Å². The molecule has 1 saturated heterocycles. The van der Waals surface area contributed by atoms with Gasteiger partial charge in [-0.2, -0.15) is 0 Å². The number of nitrogens with zero attached hydrogens (tertiary/aromatic N) is 1.